The molecule has 0 bridgehead atoms. The average Bonchev–Trinajstić information content (AvgIpc) is 2.44. The van der Waals surface area contributed by atoms with Crippen LogP contribution in [0, 0.1) is 5.82 Å². The largest absolute Gasteiger partial charge is 0.394 e. The zero-order chi connectivity index (χ0) is 15.5. The second kappa shape index (κ2) is 6.38. The Morgan fingerprint density at radius 1 is 1.29 bits per heavy atom. The van der Waals surface area contributed by atoms with Crippen molar-refractivity contribution in [2.45, 2.75) is 4.90 Å². The van der Waals surface area contributed by atoms with Crippen LogP contribution in [0.1, 0.15) is 0 Å². The van der Waals surface area contributed by atoms with Gasteiger partial charge in [0.2, 0.25) is 0 Å². The van der Waals surface area contributed by atoms with E-state index >= 15 is 0 Å². The van der Waals surface area contributed by atoms with Crippen LogP contribution in [0.4, 0.5) is 10.1 Å². The van der Waals surface area contributed by atoms with Gasteiger partial charge in [-0.15, -0.1) is 0 Å². The molecule has 0 unspecified atom stereocenters. The molecule has 0 atom stereocenters. The maximum Gasteiger partial charge on any atom is 0.265 e. The summed E-state index contributed by atoms with van der Waals surface area (Å²) >= 11 is 5.75. The van der Waals surface area contributed by atoms with E-state index in [2.05, 4.69) is 4.98 Å². The summed E-state index contributed by atoms with van der Waals surface area (Å²) < 4.78 is 39.4. The number of pyridine rings is 1. The highest BCUT2D eigenvalue weighted by Crippen LogP contribution is 2.24. The van der Waals surface area contributed by atoms with Gasteiger partial charge in [0.15, 0.2) is 0 Å². The van der Waals surface area contributed by atoms with Gasteiger partial charge in [0.05, 0.1) is 23.9 Å². The Labute approximate surface area is 126 Å². The number of hydrogen-bond donors (Lipinski definition) is 1. The van der Waals surface area contributed by atoms with Crippen molar-refractivity contribution < 1.29 is 17.9 Å². The summed E-state index contributed by atoms with van der Waals surface area (Å²) in [5.74, 6) is -0.574. The molecule has 1 aromatic carbocycles. The number of nitrogens with zero attached hydrogens (tertiary/aromatic N) is 2. The second-order valence-electron chi connectivity index (χ2n) is 4.12. The fourth-order valence-electron chi connectivity index (χ4n) is 1.77. The number of aromatic nitrogens is 1. The number of benzene rings is 1. The van der Waals surface area contributed by atoms with Crippen LogP contribution in [0.3, 0.4) is 0 Å². The fourth-order valence-corrected chi connectivity index (χ4v) is 3.45. The molecule has 0 aliphatic heterocycles. The van der Waals surface area contributed by atoms with E-state index in [0.29, 0.717) is 0 Å². The lowest BCUT2D eigenvalue weighted by Gasteiger charge is -2.23. The molecule has 1 aromatic heterocycles. The van der Waals surface area contributed by atoms with Crippen LogP contribution in [-0.2, 0) is 10.0 Å². The van der Waals surface area contributed by atoms with Gasteiger partial charge in [0.25, 0.3) is 10.0 Å². The summed E-state index contributed by atoms with van der Waals surface area (Å²) in [6.45, 7) is -0.623. The average molecular weight is 331 g/mol. The summed E-state index contributed by atoms with van der Waals surface area (Å²) in [6, 6.07) is 6.35. The van der Waals surface area contributed by atoms with Crippen molar-refractivity contribution in [3.8, 4) is 0 Å². The quantitative estimate of drug-likeness (QED) is 0.911. The highest BCUT2D eigenvalue weighted by Gasteiger charge is 2.25. The lowest BCUT2D eigenvalue weighted by Crippen LogP contribution is -2.33. The van der Waals surface area contributed by atoms with Gasteiger partial charge in [0.1, 0.15) is 10.7 Å². The van der Waals surface area contributed by atoms with Crippen molar-refractivity contribution in [2.75, 3.05) is 17.5 Å². The number of hydrogen-bond acceptors (Lipinski definition) is 4. The Kier molecular flexibility index (Phi) is 4.76. The second-order valence-corrected chi connectivity index (χ2v) is 6.42. The summed E-state index contributed by atoms with van der Waals surface area (Å²) in [5.41, 5.74) is 0.115. The maximum absolute atomic E-state index is 13.3. The predicted molar refractivity (Wildman–Crippen MR) is 77.3 cm³/mol. The monoisotopic (exact) mass is 330 g/mol. The SMILES string of the molecule is O=S(=O)(c1cncc(Cl)c1)N(CCO)c1cccc(F)c1. The normalized spacial score (nSPS) is 11.4. The molecule has 8 heteroatoms. The molecule has 0 fully saturated rings. The lowest BCUT2D eigenvalue weighted by molar-refractivity contribution is 0.306. The van der Waals surface area contributed by atoms with E-state index in [1.165, 1.54) is 30.5 Å². The summed E-state index contributed by atoms with van der Waals surface area (Å²) in [6.07, 6.45) is 2.45. The Bertz CT molecular complexity index is 740. The van der Waals surface area contributed by atoms with Gasteiger partial charge in [0, 0.05) is 12.4 Å². The van der Waals surface area contributed by atoms with Crippen LogP contribution in [-0.4, -0.2) is 31.7 Å². The molecule has 21 heavy (non-hydrogen) atoms. The third-order valence-corrected chi connectivity index (χ3v) is 4.67. The molecule has 0 saturated carbocycles. The van der Waals surface area contributed by atoms with Crippen LogP contribution in [0.5, 0.6) is 0 Å². The van der Waals surface area contributed by atoms with Gasteiger partial charge in [-0.05, 0) is 24.3 Å². The van der Waals surface area contributed by atoms with Crippen LogP contribution >= 0.6 is 11.6 Å². The maximum atomic E-state index is 13.3. The summed E-state index contributed by atoms with van der Waals surface area (Å²) in [7, 11) is -4.00. The highest BCUT2D eigenvalue weighted by atomic mass is 35.5. The van der Waals surface area contributed by atoms with Crippen LogP contribution in [0.15, 0.2) is 47.6 Å². The molecule has 0 aliphatic carbocycles. The van der Waals surface area contributed by atoms with Gasteiger partial charge < -0.3 is 5.11 Å². The van der Waals surface area contributed by atoms with Gasteiger partial charge in [-0.2, -0.15) is 0 Å². The van der Waals surface area contributed by atoms with E-state index in [1.54, 1.807) is 0 Å². The molecule has 5 nitrogen and oxygen atoms in total. The van der Waals surface area contributed by atoms with Crippen molar-refractivity contribution in [3.63, 3.8) is 0 Å². The molecule has 112 valence electrons. The van der Waals surface area contributed by atoms with E-state index in [-0.39, 0.29) is 22.2 Å². The van der Waals surface area contributed by atoms with Gasteiger partial charge in [-0.25, -0.2) is 12.8 Å². The van der Waals surface area contributed by atoms with E-state index in [0.717, 1.165) is 16.6 Å². The summed E-state index contributed by atoms with van der Waals surface area (Å²) in [5, 5.41) is 9.26. The van der Waals surface area contributed by atoms with Crippen molar-refractivity contribution >= 4 is 27.3 Å². The molecule has 0 aliphatic rings. The number of aliphatic hydroxyl groups excluding tert-OH is 1. The van der Waals surface area contributed by atoms with Crippen molar-refractivity contribution in [3.05, 3.63) is 53.6 Å². The summed E-state index contributed by atoms with van der Waals surface area (Å²) in [4.78, 5) is 3.60. The first kappa shape index (κ1) is 15.7. The first-order valence-electron chi connectivity index (χ1n) is 5.95. The van der Waals surface area contributed by atoms with Crippen molar-refractivity contribution in [1.29, 1.82) is 0 Å². The molecule has 0 radical (unpaired) electrons. The molecule has 2 rings (SSSR count). The predicted octanol–water partition coefficient (Wildman–Crippen LogP) is 2.06. The fraction of sp³-hybridized carbons (Fsp3) is 0.154. The number of halogens is 2. The zero-order valence-corrected chi connectivity index (χ0v) is 12.4. The van der Waals surface area contributed by atoms with E-state index in [9.17, 15) is 12.8 Å². The van der Waals surface area contributed by atoms with Crippen molar-refractivity contribution in [1.82, 2.24) is 4.98 Å². The molecular formula is C13H12ClFN2O3S. The topological polar surface area (TPSA) is 70.5 Å². The zero-order valence-electron chi connectivity index (χ0n) is 10.8. The highest BCUT2D eigenvalue weighted by molar-refractivity contribution is 7.92. The van der Waals surface area contributed by atoms with E-state index in [1.807, 2.05) is 0 Å². The number of aliphatic hydroxyl groups is 1. The van der Waals surface area contributed by atoms with E-state index < -0.39 is 22.4 Å². The first-order chi connectivity index (χ1) is 9.95. The molecule has 0 amide bonds. The Morgan fingerprint density at radius 2 is 2.05 bits per heavy atom. The standard InChI is InChI=1S/C13H12ClFN2O3S/c14-10-6-13(9-16-8-10)21(19,20)17(4-5-18)12-3-1-2-11(15)7-12/h1-3,6-9,18H,4-5H2. The number of rotatable bonds is 5. The van der Waals surface area contributed by atoms with Gasteiger partial charge in [-0.3, -0.25) is 9.29 Å². The Balaban J connectivity index is 2.51. The van der Waals surface area contributed by atoms with Crippen LogP contribution in [0.25, 0.3) is 0 Å². The molecule has 1 N–H and O–H groups in total. The Morgan fingerprint density at radius 3 is 2.67 bits per heavy atom. The minimum atomic E-state index is -4.00. The van der Waals surface area contributed by atoms with Crippen molar-refractivity contribution in [2.24, 2.45) is 0 Å². The minimum absolute atomic E-state index is 0.115. The minimum Gasteiger partial charge on any atom is -0.394 e. The Hall–Kier alpha value is -1.70. The molecular weight excluding hydrogens is 319 g/mol. The third-order valence-electron chi connectivity index (χ3n) is 2.67. The molecule has 2 aromatic rings. The van der Waals surface area contributed by atoms with Gasteiger partial charge in [-0.1, -0.05) is 17.7 Å². The van der Waals surface area contributed by atoms with Crippen LogP contribution < -0.4 is 4.31 Å². The number of anilines is 1. The van der Waals surface area contributed by atoms with Gasteiger partial charge >= 0.3 is 0 Å². The molecule has 0 spiro atoms. The first-order valence-corrected chi connectivity index (χ1v) is 7.76. The molecule has 1 heterocycles. The third kappa shape index (κ3) is 3.49. The molecule has 0 saturated heterocycles. The number of sulfonamides is 1. The lowest BCUT2D eigenvalue weighted by atomic mass is 10.3. The smallest absolute Gasteiger partial charge is 0.265 e. The van der Waals surface area contributed by atoms with E-state index in [4.69, 9.17) is 16.7 Å². The van der Waals surface area contributed by atoms with Crippen LogP contribution in [0.2, 0.25) is 5.02 Å².